The van der Waals surface area contributed by atoms with Crippen LogP contribution in [0.3, 0.4) is 0 Å². The number of amides is 1. The number of H-pyrrole nitrogens is 1. The summed E-state index contributed by atoms with van der Waals surface area (Å²) in [7, 11) is 0. The largest absolute Gasteiger partial charge is 0.458 e. The third kappa shape index (κ3) is 3.10. The predicted molar refractivity (Wildman–Crippen MR) is 111 cm³/mol. The number of benzene rings is 2. The van der Waals surface area contributed by atoms with Crippen molar-refractivity contribution in [3.63, 3.8) is 0 Å². The summed E-state index contributed by atoms with van der Waals surface area (Å²) in [4.78, 5) is 22.5. The van der Waals surface area contributed by atoms with Gasteiger partial charge in [-0.2, -0.15) is 0 Å². The van der Waals surface area contributed by atoms with E-state index >= 15 is 0 Å². The van der Waals surface area contributed by atoms with Crippen molar-refractivity contribution in [2.24, 2.45) is 0 Å². The van der Waals surface area contributed by atoms with Gasteiger partial charge in [0.05, 0.1) is 17.6 Å². The Morgan fingerprint density at radius 1 is 1.09 bits per heavy atom. The summed E-state index contributed by atoms with van der Waals surface area (Å²) in [5.74, 6) is -2.83. The monoisotopic (exact) mass is 447 g/mol. The number of aromatic amines is 1. The van der Waals surface area contributed by atoms with Gasteiger partial charge in [0.25, 0.3) is 5.89 Å². The van der Waals surface area contributed by atoms with Crippen LogP contribution in [0, 0.1) is 11.6 Å². The zero-order valence-corrected chi connectivity index (χ0v) is 17.0. The van der Waals surface area contributed by atoms with E-state index in [0.29, 0.717) is 30.0 Å². The van der Waals surface area contributed by atoms with Crippen molar-refractivity contribution < 1.29 is 22.4 Å². The van der Waals surface area contributed by atoms with Gasteiger partial charge in [0.15, 0.2) is 11.6 Å². The Morgan fingerprint density at radius 3 is 2.85 bits per heavy atom. The standard InChI is InChI=1S/C23H15F2N5O3/c24-14-6-3-5-13(18(14)25)21-28-29-22(33-21)23(31)30-9-8-15-19(27-11-26-15)20(30)17-10-12-4-1-2-7-16(12)32-17/h1-7,10-11,20H,8-9H2,(H,26,27)/t20-/m1/s1. The topological polar surface area (TPSA) is 101 Å². The van der Waals surface area contributed by atoms with Gasteiger partial charge in [-0.15, -0.1) is 10.2 Å². The van der Waals surface area contributed by atoms with E-state index < -0.39 is 23.6 Å². The molecule has 0 radical (unpaired) electrons. The van der Waals surface area contributed by atoms with Crippen LogP contribution < -0.4 is 0 Å². The van der Waals surface area contributed by atoms with E-state index in [0.717, 1.165) is 17.1 Å². The molecule has 1 aliphatic rings. The van der Waals surface area contributed by atoms with Crippen molar-refractivity contribution in [1.29, 1.82) is 0 Å². The van der Waals surface area contributed by atoms with Crippen molar-refractivity contribution in [3.8, 4) is 11.5 Å². The number of hydrogen-bond acceptors (Lipinski definition) is 6. The number of furan rings is 1. The summed E-state index contributed by atoms with van der Waals surface area (Å²) in [5, 5.41) is 8.45. The average molecular weight is 447 g/mol. The summed E-state index contributed by atoms with van der Waals surface area (Å²) in [6.45, 7) is 0.335. The molecule has 1 atom stereocenters. The molecule has 0 unspecified atom stereocenters. The Morgan fingerprint density at radius 2 is 1.97 bits per heavy atom. The average Bonchev–Trinajstić information content (AvgIpc) is 3.58. The van der Waals surface area contributed by atoms with Crippen LogP contribution in [0.2, 0.25) is 0 Å². The minimum Gasteiger partial charge on any atom is -0.458 e. The summed E-state index contributed by atoms with van der Waals surface area (Å²) in [6, 6.07) is 12.4. The van der Waals surface area contributed by atoms with Crippen LogP contribution >= 0.6 is 0 Å². The van der Waals surface area contributed by atoms with Crippen LogP contribution in [0.1, 0.15) is 33.9 Å². The Balaban J connectivity index is 1.40. The van der Waals surface area contributed by atoms with Crippen molar-refractivity contribution in [2.45, 2.75) is 12.5 Å². The molecule has 5 aromatic rings. The van der Waals surface area contributed by atoms with E-state index in [1.807, 2.05) is 30.3 Å². The van der Waals surface area contributed by atoms with Crippen LogP contribution in [0.5, 0.6) is 0 Å². The van der Waals surface area contributed by atoms with Gasteiger partial charge >= 0.3 is 11.8 Å². The molecule has 0 aliphatic carbocycles. The Bertz CT molecular complexity index is 1470. The fourth-order valence-corrected chi connectivity index (χ4v) is 4.13. The van der Waals surface area contributed by atoms with Gasteiger partial charge in [-0.05, 0) is 24.3 Å². The molecule has 33 heavy (non-hydrogen) atoms. The van der Waals surface area contributed by atoms with Gasteiger partial charge < -0.3 is 18.7 Å². The summed E-state index contributed by atoms with van der Waals surface area (Å²) >= 11 is 0. The first kappa shape index (κ1) is 19.4. The molecule has 0 bridgehead atoms. The van der Waals surface area contributed by atoms with Crippen LogP contribution in [0.4, 0.5) is 8.78 Å². The van der Waals surface area contributed by atoms with E-state index in [4.69, 9.17) is 8.83 Å². The smallest absolute Gasteiger partial charge is 0.312 e. The molecule has 10 heteroatoms. The summed E-state index contributed by atoms with van der Waals surface area (Å²) in [5.41, 5.74) is 2.02. The van der Waals surface area contributed by atoms with Crippen LogP contribution in [0.15, 0.2) is 63.7 Å². The minimum atomic E-state index is -1.13. The quantitative estimate of drug-likeness (QED) is 0.443. The van der Waals surface area contributed by atoms with Gasteiger partial charge in [0.1, 0.15) is 17.4 Å². The van der Waals surface area contributed by atoms with Gasteiger partial charge in [0, 0.05) is 24.0 Å². The lowest BCUT2D eigenvalue weighted by atomic mass is 10.00. The van der Waals surface area contributed by atoms with Gasteiger partial charge in [0.2, 0.25) is 0 Å². The predicted octanol–water partition coefficient (Wildman–Crippen LogP) is 4.27. The summed E-state index contributed by atoms with van der Waals surface area (Å²) in [6.07, 6.45) is 2.11. The molecule has 0 saturated heterocycles. The number of aromatic nitrogens is 4. The van der Waals surface area contributed by atoms with Gasteiger partial charge in [-0.3, -0.25) is 4.79 Å². The highest BCUT2D eigenvalue weighted by molar-refractivity contribution is 5.90. The first-order valence-electron chi connectivity index (χ1n) is 10.2. The minimum absolute atomic E-state index is 0.219. The molecular formula is C23H15F2N5O3. The lowest BCUT2D eigenvalue weighted by Gasteiger charge is -2.32. The number of halogens is 2. The number of nitrogens with zero attached hydrogens (tertiary/aromatic N) is 4. The van der Waals surface area contributed by atoms with Gasteiger partial charge in [-0.1, -0.05) is 24.3 Å². The fourth-order valence-electron chi connectivity index (χ4n) is 4.13. The highest BCUT2D eigenvalue weighted by atomic mass is 19.2. The molecule has 8 nitrogen and oxygen atoms in total. The number of imidazole rings is 1. The van der Waals surface area contributed by atoms with Gasteiger partial charge in [-0.25, -0.2) is 13.8 Å². The normalized spacial score (nSPS) is 15.7. The summed E-state index contributed by atoms with van der Waals surface area (Å²) < 4.78 is 39.2. The Kier molecular flexibility index (Phi) is 4.32. The van der Waals surface area contributed by atoms with Crippen LogP contribution in [0.25, 0.3) is 22.4 Å². The number of rotatable bonds is 3. The Hall–Kier alpha value is -4.34. The van der Waals surface area contributed by atoms with E-state index in [1.54, 1.807) is 6.33 Å². The molecule has 3 aromatic heterocycles. The third-order valence-corrected chi connectivity index (χ3v) is 5.69. The molecule has 4 heterocycles. The molecular weight excluding hydrogens is 432 g/mol. The number of nitrogens with one attached hydrogen (secondary N) is 1. The lowest BCUT2D eigenvalue weighted by molar-refractivity contribution is 0.0632. The molecule has 2 aromatic carbocycles. The number of hydrogen-bond donors (Lipinski definition) is 1. The molecule has 6 rings (SSSR count). The SMILES string of the molecule is O=C(c1nnc(-c2cccc(F)c2F)o1)N1CCc2[nH]cnc2[C@H]1c1cc2ccccc2o1. The number of carbonyl (C=O) groups is 1. The number of para-hydroxylation sites is 1. The number of carbonyl (C=O) groups excluding carboxylic acids is 1. The van der Waals surface area contributed by atoms with E-state index in [1.165, 1.54) is 17.0 Å². The molecule has 1 N–H and O–H groups in total. The van der Waals surface area contributed by atoms with Crippen LogP contribution in [-0.2, 0) is 6.42 Å². The highest BCUT2D eigenvalue weighted by Crippen LogP contribution is 2.37. The first-order chi connectivity index (χ1) is 16.1. The fraction of sp³-hybridized carbons (Fsp3) is 0.130. The molecule has 1 aliphatic heterocycles. The highest BCUT2D eigenvalue weighted by Gasteiger charge is 2.38. The van der Waals surface area contributed by atoms with Crippen LogP contribution in [-0.4, -0.2) is 37.5 Å². The second kappa shape index (κ2) is 7.37. The molecule has 164 valence electrons. The second-order valence-electron chi connectivity index (χ2n) is 7.62. The molecule has 1 amide bonds. The molecule has 0 spiro atoms. The maximum atomic E-state index is 14.1. The van der Waals surface area contributed by atoms with Crippen molar-refractivity contribution >= 4 is 16.9 Å². The van der Waals surface area contributed by atoms with E-state index in [-0.39, 0.29) is 17.3 Å². The van der Waals surface area contributed by atoms with Crippen molar-refractivity contribution in [3.05, 3.63) is 89.5 Å². The zero-order chi connectivity index (χ0) is 22.5. The van der Waals surface area contributed by atoms with E-state index in [2.05, 4.69) is 20.2 Å². The van der Waals surface area contributed by atoms with E-state index in [9.17, 15) is 13.6 Å². The maximum absolute atomic E-state index is 14.1. The molecule has 0 fully saturated rings. The maximum Gasteiger partial charge on any atom is 0.312 e. The number of fused-ring (bicyclic) bond motifs is 2. The Labute approximate surface area is 184 Å². The van der Waals surface area contributed by atoms with Crippen molar-refractivity contribution in [2.75, 3.05) is 6.54 Å². The zero-order valence-electron chi connectivity index (χ0n) is 17.0. The second-order valence-corrected chi connectivity index (χ2v) is 7.62. The molecule has 0 saturated carbocycles. The lowest BCUT2D eigenvalue weighted by Crippen LogP contribution is -2.40. The third-order valence-electron chi connectivity index (χ3n) is 5.69. The van der Waals surface area contributed by atoms with Crippen molar-refractivity contribution in [1.82, 2.24) is 25.1 Å². The first-order valence-corrected chi connectivity index (χ1v) is 10.2.